The third-order valence-corrected chi connectivity index (χ3v) is 4.87. The molecule has 4 nitrogen and oxygen atoms in total. The predicted molar refractivity (Wildman–Crippen MR) is 86.7 cm³/mol. The number of fused-ring (bicyclic) bond motifs is 1. The molecule has 0 atom stereocenters. The second-order valence-electron chi connectivity index (χ2n) is 5.65. The number of rotatable bonds is 2. The number of halogens is 2. The minimum atomic E-state index is -0.911. The van der Waals surface area contributed by atoms with E-state index in [1.807, 2.05) is 10.8 Å². The number of carbonyl (C=O) groups excluding carboxylic acids is 1. The highest BCUT2D eigenvalue weighted by Gasteiger charge is 2.26. The van der Waals surface area contributed by atoms with Gasteiger partial charge in [0.05, 0.1) is 11.3 Å². The Morgan fingerprint density at radius 2 is 2.12 bits per heavy atom. The summed E-state index contributed by atoms with van der Waals surface area (Å²) in [6, 6.07) is 5.51. The summed E-state index contributed by atoms with van der Waals surface area (Å²) in [5.74, 6) is -1.83. The molecule has 1 aliphatic rings. The van der Waals surface area contributed by atoms with Gasteiger partial charge in [-0.25, -0.2) is 8.78 Å². The van der Waals surface area contributed by atoms with Crippen molar-refractivity contribution in [2.45, 2.75) is 13.0 Å². The van der Waals surface area contributed by atoms with Crippen LogP contribution >= 0.6 is 11.3 Å². The van der Waals surface area contributed by atoms with Gasteiger partial charge < -0.3 is 4.90 Å². The number of aromatic nitrogens is 2. The Kier molecular flexibility index (Phi) is 3.65. The molecule has 7 heteroatoms. The highest BCUT2D eigenvalue weighted by molar-refractivity contribution is 7.08. The van der Waals surface area contributed by atoms with Crippen LogP contribution in [0.4, 0.5) is 8.78 Å². The van der Waals surface area contributed by atoms with Gasteiger partial charge in [0.25, 0.3) is 5.91 Å². The first-order valence-corrected chi connectivity index (χ1v) is 8.41. The number of hydrogen-bond donors (Lipinski definition) is 1. The normalized spacial score (nSPS) is 13.8. The van der Waals surface area contributed by atoms with Crippen LogP contribution in [0.15, 0.2) is 35.0 Å². The summed E-state index contributed by atoms with van der Waals surface area (Å²) < 4.78 is 26.7. The molecule has 4 rings (SSSR count). The topological polar surface area (TPSA) is 49.0 Å². The minimum absolute atomic E-state index is 0.0284. The number of thiophene rings is 1. The fourth-order valence-electron chi connectivity index (χ4n) is 2.92. The van der Waals surface area contributed by atoms with E-state index in [4.69, 9.17) is 0 Å². The molecule has 1 N–H and O–H groups in total. The van der Waals surface area contributed by atoms with Crippen molar-refractivity contribution in [3.05, 3.63) is 63.5 Å². The average Bonchev–Trinajstić information content (AvgIpc) is 3.25. The molecule has 2 aromatic heterocycles. The van der Waals surface area contributed by atoms with Crippen LogP contribution in [0.25, 0.3) is 11.3 Å². The van der Waals surface area contributed by atoms with Gasteiger partial charge in [0, 0.05) is 41.7 Å². The highest BCUT2D eigenvalue weighted by Crippen LogP contribution is 2.30. The fraction of sp³-hybridized carbons (Fsp3) is 0.176. The summed E-state index contributed by atoms with van der Waals surface area (Å²) in [5.41, 5.74) is 3.52. The SMILES string of the molecule is O=C(c1ccsc1)N1CCc2[nH]nc(-c3ccc(F)c(F)c3)c2C1. The zero-order chi connectivity index (χ0) is 16.7. The number of carbonyl (C=O) groups is 1. The van der Waals surface area contributed by atoms with E-state index in [0.29, 0.717) is 36.3 Å². The van der Waals surface area contributed by atoms with Crippen molar-refractivity contribution in [2.24, 2.45) is 0 Å². The first-order valence-electron chi connectivity index (χ1n) is 7.46. The molecule has 3 heterocycles. The maximum absolute atomic E-state index is 13.5. The van der Waals surface area contributed by atoms with Crippen LogP contribution in [0.1, 0.15) is 21.6 Å². The summed E-state index contributed by atoms with van der Waals surface area (Å²) in [6.07, 6.45) is 0.655. The van der Waals surface area contributed by atoms with E-state index < -0.39 is 11.6 Å². The van der Waals surface area contributed by atoms with Crippen LogP contribution in [0.3, 0.4) is 0 Å². The van der Waals surface area contributed by atoms with Crippen LogP contribution < -0.4 is 0 Å². The van der Waals surface area contributed by atoms with Crippen molar-refractivity contribution in [3.8, 4) is 11.3 Å². The van der Waals surface area contributed by atoms with Crippen molar-refractivity contribution >= 4 is 17.2 Å². The third kappa shape index (κ3) is 2.50. The molecule has 0 bridgehead atoms. The standard InChI is InChI=1S/C17H13F2N3OS/c18-13-2-1-10(7-14(13)19)16-12-8-22(5-3-15(12)20-21-16)17(23)11-4-6-24-9-11/h1-2,4,6-7,9H,3,5,8H2,(H,20,21). The number of benzene rings is 1. The molecular formula is C17H13F2N3OS. The van der Waals surface area contributed by atoms with Gasteiger partial charge in [-0.05, 0) is 29.6 Å². The Bertz CT molecular complexity index is 905. The number of amides is 1. The second-order valence-corrected chi connectivity index (χ2v) is 6.43. The lowest BCUT2D eigenvalue weighted by molar-refractivity contribution is 0.0735. The molecule has 1 aliphatic heterocycles. The van der Waals surface area contributed by atoms with Crippen LogP contribution in [0.2, 0.25) is 0 Å². The molecule has 24 heavy (non-hydrogen) atoms. The summed E-state index contributed by atoms with van der Waals surface area (Å²) in [5, 5.41) is 10.9. The van der Waals surface area contributed by atoms with E-state index in [-0.39, 0.29) is 5.91 Å². The molecule has 1 amide bonds. The summed E-state index contributed by atoms with van der Waals surface area (Å²) >= 11 is 1.48. The van der Waals surface area contributed by atoms with Gasteiger partial charge in [-0.1, -0.05) is 0 Å². The monoisotopic (exact) mass is 345 g/mol. The van der Waals surface area contributed by atoms with Crippen molar-refractivity contribution in [3.63, 3.8) is 0 Å². The molecule has 0 saturated carbocycles. The smallest absolute Gasteiger partial charge is 0.255 e. The van der Waals surface area contributed by atoms with E-state index in [9.17, 15) is 13.6 Å². The molecule has 0 fully saturated rings. The average molecular weight is 345 g/mol. The van der Waals surface area contributed by atoms with E-state index in [1.54, 1.807) is 11.0 Å². The molecule has 122 valence electrons. The Morgan fingerprint density at radius 1 is 1.25 bits per heavy atom. The molecule has 0 radical (unpaired) electrons. The first-order chi connectivity index (χ1) is 11.6. The molecule has 3 aromatic rings. The summed E-state index contributed by atoms with van der Waals surface area (Å²) in [7, 11) is 0. The highest BCUT2D eigenvalue weighted by atomic mass is 32.1. The van der Waals surface area contributed by atoms with E-state index in [1.165, 1.54) is 17.4 Å². The van der Waals surface area contributed by atoms with Crippen molar-refractivity contribution in [1.29, 1.82) is 0 Å². The van der Waals surface area contributed by atoms with Crippen LogP contribution in [0, 0.1) is 11.6 Å². The molecule has 0 spiro atoms. The van der Waals surface area contributed by atoms with Crippen LogP contribution in [-0.4, -0.2) is 27.5 Å². The maximum atomic E-state index is 13.5. The molecule has 1 aromatic carbocycles. The van der Waals surface area contributed by atoms with Gasteiger partial charge in [-0.15, -0.1) is 0 Å². The predicted octanol–water partition coefficient (Wildman–Crippen LogP) is 3.61. The van der Waals surface area contributed by atoms with Crippen molar-refractivity contribution < 1.29 is 13.6 Å². The number of nitrogens with one attached hydrogen (secondary N) is 1. The van der Waals surface area contributed by atoms with Crippen molar-refractivity contribution in [1.82, 2.24) is 15.1 Å². The van der Waals surface area contributed by atoms with E-state index in [0.717, 1.165) is 23.4 Å². The zero-order valence-electron chi connectivity index (χ0n) is 12.6. The Labute approximate surface area is 140 Å². The van der Waals surface area contributed by atoms with Gasteiger partial charge in [-0.3, -0.25) is 9.89 Å². The van der Waals surface area contributed by atoms with Gasteiger partial charge >= 0.3 is 0 Å². The van der Waals surface area contributed by atoms with Crippen LogP contribution in [0.5, 0.6) is 0 Å². The molecule has 0 unspecified atom stereocenters. The van der Waals surface area contributed by atoms with E-state index in [2.05, 4.69) is 10.2 Å². The zero-order valence-corrected chi connectivity index (χ0v) is 13.4. The first kappa shape index (κ1) is 15.0. The third-order valence-electron chi connectivity index (χ3n) is 4.18. The number of aromatic amines is 1. The second kappa shape index (κ2) is 5.83. The van der Waals surface area contributed by atoms with Gasteiger partial charge in [0.2, 0.25) is 0 Å². The largest absolute Gasteiger partial charge is 0.334 e. The van der Waals surface area contributed by atoms with Crippen molar-refractivity contribution in [2.75, 3.05) is 6.54 Å². The number of hydrogen-bond acceptors (Lipinski definition) is 3. The van der Waals surface area contributed by atoms with Crippen LogP contribution in [-0.2, 0) is 13.0 Å². The number of nitrogens with zero attached hydrogens (tertiary/aromatic N) is 2. The van der Waals surface area contributed by atoms with Gasteiger partial charge in [0.15, 0.2) is 11.6 Å². The molecular weight excluding hydrogens is 332 g/mol. The van der Waals surface area contributed by atoms with Gasteiger partial charge in [-0.2, -0.15) is 16.4 Å². The maximum Gasteiger partial charge on any atom is 0.255 e. The summed E-state index contributed by atoms with van der Waals surface area (Å²) in [4.78, 5) is 14.3. The Balaban J connectivity index is 1.67. The Hall–Kier alpha value is -2.54. The minimum Gasteiger partial charge on any atom is -0.334 e. The van der Waals surface area contributed by atoms with Gasteiger partial charge in [0.1, 0.15) is 0 Å². The lowest BCUT2D eigenvalue weighted by Gasteiger charge is -2.27. The molecule has 0 saturated heterocycles. The lowest BCUT2D eigenvalue weighted by Crippen LogP contribution is -2.35. The number of H-pyrrole nitrogens is 1. The Morgan fingerprint density at radius 3 is 2.88 bits per heavy atom. The quantitative estimate of drug-likeness (QED) is 0.771. The fourth-order valence-corrected chi connectivity index (χ4v) is 3.55. The molecule has 0 aliphatic carbocycles. The van der Waals surface area contributed by atoms with E-state index >= 15 is 0 Å². The lowest BCUT2D eigenvalue weighted by atomic mass is 10.0. The summed E-state index contributed by atoms with van der Waals surface area (Å²) in [6.45, 7) is 0.996.